The second kappa shape index (κ2) is 3.83. The summed E-state index contributed by atoms with van der Waals surface area (Å²) in [5.74, 6) is -0.307. The fraction of sp³-hybridized carbons (Fsp3) is 0. The molecule has 15 heavy (non-hydrogen) atoms. The zero-order valence-corrected chi connectivity index (χ0v) is 9.64. The van der Waals surface area contributed by atoms with Gasteiger partial charge in [-0.2, -0.15) is 0 Å². The van der Waals surface area contributed by atoms with Crippen LogP contribution in [-0.2, 0) is 0 Å². The minimum Gasteiger partial charge on any atom is -0.368 e. The number of nitrogens with two attached hydrogens (primary N) is 1. The van der Waals surface area contributed by atoms with Gasteiger partial charge >= 0.3 is 0 Å². The van der Waals surface area contributed by atoms with Gasteiger partial charge in [0, 0.05) is 11.6 Å². The SMILES string of the molecule is Nc1cc(-c2cc(Cl)c(F)c(Br)c2)no1. The second-order valence-electron chi connectivity index (χ2n) is 2.87. The van der Waals surface area contributed by atoms with Crippen LogP contribution in [0, 0.1) is 5.82 Å². The molecule has 2 aromatic rings. The van der Waals surface area contributed by atoms with Crippen molar-refractivity contribution in [2.24, 2.45) is 0 Å². The van der Waals surface area contributed by atoms with Gasteiger partial charge in [-0.15, -0.1) is 0 Å². The van der Waals surface area contributed by atoms with Crippen molar-refractivity contribution in [3.8, 4) is 11.3 Å². The van der Waals surface area contributed by atoms with Crippen LogP contribution in [0.25, 0.3) is 11.3 Å². The molecule has 0 fully saturated rings. The molecule has 0 amide bonds. The number of aromatic nitrogens is 1. The topological polar surface area (TPSA) is 52.0 Å². The van der Waals surface area contributed by atoms with E-state index in [0.717, 1.165) is 0 Å². The van der Waals surface area contributed by atoms with E-state index in [4.69, 9.17) is 21.9 Å². The van der Waals surface area contributed by atoms with Crippen LogP contribution < -0.4 is 5.73 Å². The molecule has 0 saturated heterocycles. The minimum absolute atomic E-state index is 0.0148. The molecule has 1 heterocycles. The first-order valence-corrected chi connectivity index (χ1v) is 5.12. The van der Waals surface area contributed by atoms with Gasteiger partial charge in [-0.05, 0) is 28.1 Å². The summed E-state index contributed by atoms with van der Waals surface area (Å²) in [7, 11) is 0. The van der Waals surface area contributed by atoms with Crippen molar-refractivity contribution in [3.63, 3.8) is 0 Å². The van der Waals surface area contributed by atoms with Gasteiger partial charge in [0.2, 0.25) is 5.88 Å². The highest BCUT2D eigenvalue weighted by Gasteiger charge is 2.11. The van der Waals surface area contributed by atoms with E-state index in [-0.39, 0.29) is 15.4 Å². The molecule has 0 aliphatic heterocycles. The van der Waals surface area contributed by atoms with E-state index in [0.29, 0.717) is 11.3 Å². The van der Waals surface area contributed by atoms with E-state index in [1.807, 2.05) is 0 Å². The molecule has 0 atom stereocenters. The first-order valence-electron chi connectivity index (χ1n) is 3.95. The highest BCUT2D eigenvalue weighted by Crippen LogP contribution is 2.30. The summed E-state index contributed by atoms with van der Waals surface area (Å²) in [6, 6.07) is 4.55. The zero-order chi connectivity index (χ0) is 11.0. The van der Waals surface area contributed by atoms with E-state index in [2.05, 4.69) is 21.1 Å². The minimum atomic E-state index is -0.503. The van der Waals surface area contributed by atoms with Crippen LogP contribution in [-0.4, -0.2) is 5.16 Å². The maximum absolute atomic E-state index is 13.2. The summed E-state index contributed by atoms with van der Waals surface area (Å²) in [6.07, 6.45) is 0. The van der Waals surface area contributed by atoms with Gasteiger partial charge in [-0.25, -0.2) is 4.39 Å². The number of anilines is 1. The molecule has 6 heteroatoms. The molecule has 0 unspecified atom stereocenters. The predicted octanol–water partition coefficient (Wildman–Crippen LogP) is 3.48. The lowest BCUT2D eigenvalue weighted by Crippen LogP contribution is -1.83. The van der Waals surface area contributed by atoms with Crippen molar-refractivity contribution in [2.45, 2.75) is 0 Å². The number of nitrogens with zero attached hydrogens (tertiary/aromatic N) is 1. The van der Waals surface area contributed by atoms with Gasteiger partial charge in [-0.3, -0.25) is 0 Å². The number of hydrogen-bond donors (Lipinski definition) is 1. The monoisotopic (exact) mass is 290 g/mol. The molecule has 0 saturated carbocycles. The van der Waals surface area contributed by atoms with Crippen molar-refractivity contribution >= 4 is 33.4 Å². The van der Waals surface area contributed by atoms with Crippen LogP contribution >= 0.6 is 27.5 Å². The van der Waals surface area contributed by atoms with Crippen LogP contribution in [0.2, 0.25) is 5.02 Å². The first kappa shape index (κ1) is 10.4. The molecule has 0 spiro atoms. The van der Waals surface area contributed by atoms with Crippen molar-refractivity contribution in [2.75, 3.05) is 5.73 Å². The lowest BCUT2D eigenvalue weighted by Gasteiger charge is -2.00. The Kier molecular flexibility index (Phi) is 2.67. The summed E-state index contributed by atoms with van der Waals surface area (Å²) >= 11 is 8.73. The van der Waals surface area contributed by atoms with E-state index < -0.39 is 5.82 Å². The molecule has 0 bridgehead atoms. The molecule has 0 aliphatic rings. The highest BCUT2D eigenvalue weighted by atomic mass is 79.9. The van der Waals surface area contributed by atoms with E-state index >= 15 is 0 Å². The largest absolute Gasteiger partial charge is 0.368 e. The number of benzene rings is 1. The normalized spacial score (nSPS) is 10.6. The van der Waals surface area contributed by atoms with E-state index in [1.54, 1.807) is 6.07 Å². The van der Waals surface area contributed by atoms with Crippen LogP contribution in [0.4, 0.5) is 10.3 Å². The van der Waals surface area contributed by atoms with Gasteiger partial charge in [0.25, 0.3) is 0 Å². The summed E-state index contributed by atoms with van der Waals surface area (Å²) in [6.45, 7) is 0. The van der Waals surface area contributed by atoms with Crippen molar-refractivity contribution in [3.05, 3.63) is 33.5 Å². The molecule has 1 aromatic carbocycles. The van der Waals surface area contributed by atoms with Gasteiger partial charge in [-0.1, -0.05) is 16.8 Å². The average Bonchev–Trinajstić information content (AvgIpc) is 2.60. The zero-order valence-electron chi connectivity index (χ0n) is 7.30. The Labute approximate surface area is 98.1 Å². The Hall–Kier alpha value is -1.07. The third-order valence-corrected chi connectivity index (χ3v) is 2.66. The van der Waals surface area contributed by atoms with E-state index in [1.165, 1.54) is 12.1 Å². The smallest absolute Gasteiger partial charge is 0.222 e. The third-order valence-electron chi connectivity index (χ3n) is 1.81. The molecule has 0 radical (unpaired) electrons. The summed E-state index contributed by atoms with van der Waals surface area (Å²) in [4.78, 5) is 0. The number of nitrogen functional groups attached to an aromatic ring is 1. The summed E-state index contributed by atoms with van der Waals surface area (Å²) in [5, 5.41) is 3.71. The molecule has 2 rings (SSSR count). The molecule has 3 nitrogen and oxygen atoms in total. The highest BCUT2D eigenvalue weighted by molar-refractivity contribution is 9.10. The fourth-order valence-electron chi connectivity index (χ4n) is 1.13. The second-order valence-corrected chi connectivity index (χ2v) is 4.13. The predicted molar refractivity (Wildman–Crippen MR) is 59.0 cm³/mol. The van der Waals surface area contributed by atoms with Crippen LogP contribution in [0.3, 0.4) is 0 Å². The fourth-order valence-corrected chi connectivity index (χ4v) is 1.92. The number of hydrogen-bond acceptors (Lipinski definition) is 3. The Morgan fingerprint density at radius 2 is 2.13 bits per heavy atom. The summed E-state index contributed by atoms with van der Waals surface area (Å²) < 4.78 is 18.2. The molecule has 1 aromatic heterocycles. The van der Waals surface area contributed by atoms with Crippen LogP contribution in [0.1, 0.15) is 0 Å². The summed E-state index contributed by atoms with van der Waals surface area (Å²) in [5.41, 5.74) is 6.52. The van der Waals surface area contributed by atoms with E-state index in [9.17, 15) is 4.39 Å². The maximum atomic E-state index is 13.2. The molecule has 78 valence electrons. The molecule has 2 N–H and O–H groups in total. The number of rotatable bonds is 1. The third kappa shape index (κ3) is 1.98. The first-order chi connectivity index (χ1) is 7.08. The van der Waals surface area contributed by atoms with Crippen molar-refractivity contribution < 1.29 is 8.91 Å². The van der Waals surface area contributed by atoms with Gasteiger partial charge in [0.1, 0.15) is 5.69 Å². The van der Waals surface area contributed by atoms with Crippen molar-refractivity contribution in [1.82, 2.24) is 5.16 Å². The molecule has 0 aliphatic carbocycles. The Bertz CT molecular complexity index is 492. The van der Waals surface area contributed by atoms with Gasteiger partial charge < -0.3 is 10.3 Å². The van der Waals surface area contributed by atoms with Gasteiger partial charge in [0.05, 0.1) is 9.50 Å². The Balaban J connectivity index is 2.55. The Morgan fingerprint density at radius 1 is 1.40 bits per heavy atom. The standard InChI is InChI=1S/C9H5BrClFN2O/c10-5-1-4(2-6(11)9(5)12)7-3-8(13)15-14-7/h1-3H,13H2. The van der Waals surface area contributed by atoms with Crippen molar-refractivity contribution in [1.29, 1.82) is 0 Å². The van der Waals surface area contributed by atoms with Gasteiger partial charge in [0.15, 0.2) is 5.82 Å². The average molecular weight is 292 g/mol. The van der Waals surface area contributed by atoms with Crippen LogP contribution in [0.5, 0.6) is 0 Å². The Morgan fingerprint density at radius 3 is 2.67 bits per heavy atom. The maximum Gasteiger partial charge on any atom is 0.222 e. The number of halogens is 3. The molecular weight excluding hydrogens is 286 g/mol. The lowest BCUT2D eigenvalue weighted by atomic mass is 10.1. The molecular formula is C9H5BrClFN2O. The van der Waals surface area contributed by atoms with Crippen LogP contribution in [0.15, 0.2) is 27.2 Å². The quantitative estimate of drug-likeness (QED) is 0.818. The lowest BCUT2D eigenvalue weighted by molar-refractivity contribution is 0.439.